The van der Waals surface area contributed by atoms with E-state index in [0.717, 1.165) is 6.42 Å². The van der Waals surface area contributed by atoms with Crippen molar-refractivity contribution in [3.63, 3.8) is 0 Å². The Balaban J connectivity index is 1.92. The van der Waals surface area contributed by atoms with Crippen LogP contribution in [0.3, 0.4) is 0 Å². The number of amides is 1. The minimum atomic E-state index is -0.565. The highest BCUT2D eigenvalue weighted by Gasteiger charge is 2.22. The molecule has 1 heterocycles. The summed E-state index contributed by atoms with van der Waals surface area (Å²) in [5.41, 5.74) is 0.963. The average molecular weight is 326 g/mol. The number of carbonyl (C=O) groups is 2. The molecule has 3 rings (SSSR count). The molecule has 6 nitrogen and oxygen atoms in total. The van der Waals surface area contributed by atoms with Crippen molar-refractivity contribution in [1.82, 2.24) is 4.98 Å². The van der Waals surface area contributed by atoms with E-state index in [2.05, 4.69) is 10.3 Å². The molecule has 0 radical (unpaired) electrons. The van der Waals surface area contributed by atoms with E-state index < -0.39 is 11.5 Å². The molecular weight excluding hydrogens is 308 g/mol. The Kier molecular flexibility index (Phi) is 4.46. The number of benzene rings is 1. The standard InChI is InChI=1S/C18H18N2O4/c1-2-24-16-9-4-3-6-14(16)20-18(23)12-10-11-13(19-17(12)22)7-5-8-15(11)21/h3-4,6,9-10H,2,5,7-8H2,1H3,(H,19,22)(H,20,23). The summed E-state index contributed by atoms with van der Waals surface area (Å²) in [6, 6.07) is 8.39. The maximum absolute atomic E-state index is 12.5. The van der Waals surface area contributed by atoms with E-state index in [9.17, 15) is 14.4 Å². The smallest absolute Gasteiger partial charge is 0.261 e. The molecule has 6 heteroatoms. The first kappa shape index (κ1) is 16.0. The molecule has 0 atom stereocenters. The van der Waals surface area contributed by atoms with Gasteiger partial charge in [-0.15, -0.1) is 0 Å². The van der Waals surface area contributed by atoms with Gasteiger partial charge in [-0.25, -0.2) is 0 Å². The summed E-state index contributed by atoms with van der Waals surface area (Å²) in [6.45, 7) is 2.30. The molecule has 1 aliphatic carbocycles. The summed E-state index contributed by atoms with van der Waals surface area (Å²) in [5, 5.41) is 2.68. The molecule has 0 saturated carbocycles. The highest BCUT2D eigenvalue weighted by molar-refractivity contribution is 6.07. The predicted molar refractivity (Wildman–Crippen MR) is 89.9 cm³/mol. The Morgan fingerprint density at radius 2 is 2.04 bits per heavy atom. The van der Waals surface area contributed by atoms with E-state index in [1.54, 1.807) is 24.3 Å². The molecule has 1 aromatic carbocycles. The van der Waals surface area contributed by atoms with Gasteiger partial charge in [-0.2, -0.15) is 0 Å². The summed E-state index contributed by atoms with van der Waals surface area (Å²) in [7, 11) is 0. The summed E-state index contributed by atoms with van der Waals surface area (Å²) >= 11 is 0. The molecule has 124 valence electrons. The van der Waals surface area contributed by atoms with Crippen LogP contribution in [0.4, 0.5) is 5.69 Å². The van der Waals surface area contributed by atoms with Crippen molar-refractivity contribution in [1.29, 1.82) is 0 Å². The number of fused-ring (bicyclic) bond motifs is 1. The topological polar surface area (TPSA) is 88.3 Å². The summed E-state index contributed by atoms with van der Waals surface area (Å²) in [6.07, 6.45) is 1.80. The summed E-state index contributed by atoms with van der Waals surface area (Å²) < 4.78 is 5.46. The molecule has 1 amide bonds. The van der Waals surface area contributed by atoms with Crippen LogP contribution >= 0.6 is 0 Å². The van der Waals surface area contributed by atoms with Crippen molar-refractivity contribution >= 4 is 17.4 Å². The van der Waals surface area contributed by atoms with Crippen LogP contribution in [0.15, 0.2) is 35.1 Å². The van der Waals surface area contributed by atoms with Gasteiger partial charge in [0.05, 0.1) is 12.3 Å². The Labute approximate surface area is 138 Å². The normalized spacial score (nSPS) is 13.3. The predicted octanol–water partition coefficient (Wildman–Crippen LogP) is 2.54. The van der Waals surface area contributed by atoms with E-state index in [4.69, 9.17) is 4.74 Å². The second kappa shape index (κ2) is 6.70. The lowest BCUT2D eigenvalue weighted by Crippen LogP contribution is -2.27. The SMILES string of the molecule is CCOc1ccccc1NC(=O)c1cc2c([nH]c1=O)CCCC2=O. The number of ketones is 1. The quantitative estimate of drug-likeness (QED) is 0.904. The fourth-order valence-corrected chi connectivity index (χ4v) is 2.78. The number of para-hydroxylation sites is 2. The van der Waals surface area contributed by atoms with Crippen molar-refractivity contribution in [3.8, 4) is 5.75 Å². The van der Waals surface area contributed by atoms with Gasteiger partial charge in [-0.3, -0.25) is 14.4 Å². The molecule has 0 fully saturated rings. The third kappa shape index (κ3) is 3.08. The number of anilines is 1. The Morgan fingerprint density at radius 3 is 2.83 bits per heavy atom. The molecular formula is C18H18N2O4. The number of rotatable bonds is 4. The van der Waals surface area contributed by atoms with Crippen LogP contribution < -0.4 is 15.6 Å². The fraction of sp³-hybridized carbons (Fsp3) is 0.278. The highest BCUT2D eigenvalue weighted by atomic mass is 16.5. The Bertz CT molecular complexity index is 854. The monoisotopic (exact) mass is 326 g/mol. The van der Waals surface area contributed by atoms with Gasteiger partial charge in [0.15, 0.2) is 5.78 Å². The number of hydrogen-bond donors (Lipinski definition) is 2. The van der Waals surface area contributed by atoms with E-state index in [1.807, 2.05) is 6.92 Å². The van der Waals surface area contributed by atoms with Gasteiger partial charge in [0.1, 0.15) is 11.3 Å². The minimum absolute atomic E-state index is 0.0451. The lowest BCUT2D eigenvalue weighted by Gasteiger charge is -2.15. The van der Waals surface area contributed by atoms with E-state index in [1.165, 1.54) is 6.07 Å². The summed E-state index contributed by atoms with van der Waals surface area (Å²) in [4.78, 5) is 39.3. The van der Waals surface area contributed by atoms with Crippen LogP contribution in [0.2, 0.25) is 0 Å². The maximum atomic E-state index is 12.5. The van der Waals surface area contributed by atoms with Gasteiger partial charge in [-0.1, -0.05) is 12.1 Å². The average Bonchev–Trinajstić information content (AvgIpc) is 2.56. The van der Waals surface area contributed by atoms with Crippen molar-refractivity contribution in [2.75, 3.05) is 11.9 Å². The lowest BCUT2D eigenvalue weighted by atomic mass is 9.93. The van der Waals surface area contributed by atoms with E-state index in [-0.39, 0.29) is 11.3 Å². The van der Waals surface area contributed by atoms with Crippen LogP contribution in [0.5, 0.6) is 5.75 Å². The summed E-state index contributed by atoms with van der Waals surface area (Å²) in [5.74, 6) is -0.0837. The molecule has 0 saturated heterocycles. The van der Waals surface area contributed by atoms with Crippen LogP contribution in [0.1, 0.15) is 46.2 Å². The zero-order valence-electron chi connectivity index (χ0n) is 13.3. The van der Waals surface area contributed by atoms with Crippen molar-refractivity contribution < 1.29 is 14.3 Å². The third-order valence-corrected chi connectivity index (χ3v) is 3.93. The largest absolute Gasteiger partial charge is 0.492 e. The Morgan fingerprint density at radius 1 is 1.25 bits per heavy atom. The number of aromatic nitrogens is 1. The van der Waals surface area contributed by atoms with Gasteiger partial charge in [0.25, 0.3) is 11.5 Å². The van der Waals surface area contributed by atoms with Crippen LogP contribution in [-0.4, -0.2) is 23.3 Å². The number of nitrogens with one attached hydrogen (secondary N) is 2. The maximum Gasteiger partial charge on any atom is 0.261 e. The number of carbonyl (C=O) groups excluding carboxylic acids is 2. The number of aromatic amines is 1. The molecule has 0 bridgehead atoms. The second-order valence-electron chi connectivity index (χ2n) is 5.56. The molecule has 2 aromatic rings. The number of hydrogen-bond acceptors (Lipinski definition) is 4. The second-order valence-corrected chi connectivity index (χ2v) is 5.56. The van der Waals surface area contributed by atoms with Gasteiger partial charge in [0.2, 0.25) is 0 Å². The molecule has 0 spiro atoms. The Hall–Kier alpha value is -2.89. The number of aryl methyl sites for hydroxylation is 1. The van der Waals surface area contributed by atoms with Gasteiger partial charge in [-0.05, 0) is 38.0 Å². The number of H-pyrrole nitrogens is 1. The zero-order chi connectivity index (χ0) is 17.1. The highest BCUT2D eigenvalue weighted by Crippen LogP contribution is 2.24. The van der Waals surface area contributed by atoms with E-state index >= 15 is 0 Å². The van der Waals surface area contributed by atoms with Crippen molar-refractivity contribution in [2.24, 2.45) is 0 Å². The molecule has 1 aromatic heterocycles. The first-order chi connectivity index (χ1) is 11.6. The van der Waals surface area contributed by atoms with Crippen LogP contribution in [-0.2, 0) is 6.42 Å². The molecule has 0 unspecified atom stereocenters. The van der Waals surface area contributed by atoms with Gasteiger partial charge < -0.3 is 15.0 Å². The molecule has 1 aliphatic rings. The van der Waals surface area contributed by atoms with Crippen molar-refractivity contribution in [3.05, 3.63) is 57.5 Å². The minimum Gasteiger partial charge on any atom is -0.492 e. The van der Waals surface area contributed by atoms with Gasteiger partial charge in [0, 0.05) is 17.7 Å². The zero-order valence-corrected chi connectivity index (χ0v) is 13.3. The molecule has 24 heavy (non-hydrogen) atoms. The number of ether oxygens (including phenoxy) is 1. The fourth-order valence-electron chi connectivity index (χ4n) is 2.78. The van der Waals surface area contributed by atoms with Crippen LogP contribution in [0, 0.1) is 0 Å². The lowest BCUT2D eigenvalue weighted by molar-refractivity contribution is 0.0971. The van der Waals surface area contributed by atoms with Gasteiger partial charge >= 0.3 is 0 Å². The first-order valence-electron chi connectivity index (χ1n) is 7.92. The number of Topliss-reactive ketones (excluding diaryl/α,β-unsaturated/α-hetero) is 1. The third-order valence-electron chi connectivity index (χ3n) is 3.93. The number of pyridine rings is 1. The van der Waals surface area contributed by atoms with E-state index in [0.29, 0.717) is 42.1 Å². The molecule has 2 N–H and O–H groups in total. The van der Waals surface area contributed by atoms with Crippen molar-refractivity contribution in [2.45, 2.75) is 26.2 Å². The van der Waals surface area contributed by atoms with Crippen LogP contribution in [0.25, 0.3) is 0 Å². The first-order valence-corrected chi connectivity index (χ1v) is 7.92. The molecule has 0 aliphatic heterocycles.